The maximum Gasteiger partial charge on any atom is 0.260 e. The molecule has 0 amide bonds. The topological polar surface area (TPSA) is 66.1 Å². The molecule has 2 rings (SSSR count). The van der Waals surface area contributed by atoms with Gasteiger partial charge in [0.05, 0.1) is 10.5 Å². The lowest BCUT2D eigenvalue weighted by molar-refractivity contribution is 0.439. The smallest absolute Gasteiger partial charge is 0.260 e. The number of sulfonamides is 1. The quantitative estimate of drug-likeness (QED) is 0.828. The summed E-state index contributed by atoms with van der Waals surface area (Å²) >= 11 is 7.23. The van der Waals surface area contributed by atoms with Crippen LogP contribution in [0.4, 0.5) is 0 Å². The summed E-state index contributed by atoms with van der Waals surface area (Å²) in [7, 11) is -3.62. The second kappa shape index (κ2) is 6.09. The Labute approximate surface area is 127 Å². The van der Waals surface area contributed by atoms with Gasteiger partial charge < -0.3 is 4.98 Å². The summed E-state index contributed by atoms with van der Waals surface area (Å²) in [6, 6.07) is 3.57. The van der Waals surface area contributed by atoms with E-state index in [0.29, 0.717) is 10.2 Å². The van der Waals surface area contributed by atoms with Gasteiger partial charge in [-0.15, -0.1) is 17.9 Å². The predicted molar refractivity (Wildman–Crippen MR) is 80.4 cm³/mol. The van der Waals surface area contributed by atoms with Gasteiger partial charge in [-0.25, -0.2) is 13.4 Å². The van der Waals surface area contributed by atoms with Crippen LogP contribution >= 0.6 is 22.9 Å². The molecule has 0 aliphatic heterocycles. The minimum atomic E-state index is -3.62. The molecule has 8 heteroatoms. The fourth-order valence-corrected chi connectivity index (χ4v) is 4.21. The van der Waals surface area contributed by atoms with Gasteiger partial charge in [0, 0.05) is 18.0 Å². The normalized spacial score (nSPS) is 11.9. The van der Waals surface area contributed by atoms with Crippen LogP contribution in [0.2, 0.25) is 4.34 Å². The number of nitrogens with one attached hydrogen (secondary N) is 1. The molecule has 0 unspecified atom stereocenters. The standard InChI is InChI=1S/C12H14ClN3O2S2/c1-3-6-16(8-10-4-5-11(13)19-10)20(17,18)12-7-14-9(2)15-12/h3-5,7H,1,6,8H2,2H3,(H,14,15). The Hall–Kier alpha value is -1.15. The van der Waals surface area contributed by atoms with E-state index in [0.717, 1.165) is 4.88 Å². The number of aryl methyl sites for hydroxylation is 1. The summed E-state index contributed by atoms with van der Waals surface area (Å²) in [6.45, 7) is 5.78. The Balaban J connectivity index is 2.30. The summed E-state index contributed by atoms with van der Waals surface area (Å²) in [4.78, 5) is 7.55. The van der Waals surface area contributed by atoms with Crippen molar-refractivity contribution in [2.24, 2.45) is 0 Å². The molecule has 0 bridgehead atoms. The van der Waals surface area contributed by atoms with Crippen LogP contribution in [0.15, 0.2) is 36.0 Å². The third kappa shape index (κ3) is 3.29. The molecule has 0 saturated carbocycles. The number of imidazole rings is 1. The highest BCUT2D eigenvalue weighted by Crippen LogP contribution is 2.25. The van der Waals surface area contributed by atoms with E-state index in [-0.39, 0.29) is 18.1 Å². The van der Waals surface area contributed by atoms with Gasteiger partial charge in [0.2, 0.25) is 0 Å². The van der Waals surface area contributed by atoms with Gasteiger partial charge >= 0.3 is 0 Å². The van der Waals surface area contributed by atoms with Crippen molar-refractivity contribution in [1.29, 1.82) is 0 Å². The van der Waals surface area contributed by atoms with Gasteiger partial charge in [0.15, 0.2) is 5.03 Å². The first-order chi connectivity index (χ1) is 9.43. The third-order valence-corrected chi connectivity index (χ3v) is 5.53. The number of halogens is 1. The zero-order valence-corrected chi connectivity index (χ0v) is 13.2. The van der Waals surface area contributed by atoms with Crippen LogP contribution in [0, 0.1) is 6.92 Å². The van der Waals surface area contributed by atoms with Gasteiger partial charge in [0.1, 0.15) is 5.82 Å². The maximum atomic E-state index is 12.5. The first-order valence-electron chi connectivity index (χ1n) is 5.80. The Kier molecular flexibility index (Phi) is 4.64. The molecule has 0 spiro atoms. The van der Waals surface area contributed by atoms with Gasteiger partial charge in [-0.3, -0.25) is 0 Å². The summed E-state index contributed by atoms with van der Waals surface area (Å²) < 4.78 is 27.0. The molecule has 0 aliphatic carbocycles. The van der Waals surface area contributed by atoms with E-state index in [1.165, 1.54) is 21.8 Å². The average molecular weight is 332 g/mol. The molecule has 2 aromatic heterocycles. The van der Waals surface area contributed by atoms with Crippen molar-refractivity contribution in [3.05, 3.63) is 46.0 Å². The fraction of sp³-hybridized carbons (Fsp3) is 0.250. The van der Waals surface area contributed by atoms with Gasteiger partial charge in [-0.05, 0) is 19.1 Å². The highest BCUT2D eigenvalue weighted by atomic mass is 35.5. The first kappa shape index (κ1) is 15.2. The molecular weight excluding hydrogens is 318 g/mol. The second-order valence-corrected chi connectivity index (χ2v) is 7.83. The van der Waals surface area contributed by atoms with Crippen LogP contribution < -0.4 is 0 Å². The summed E-state index contributed by atoms with van der Waals surface area (Å²) in [6.07, 6.45) is 2.87. The lowest BCUT2D eigenvalue weighted by Gasteiger charge is -2.18. The zero-order valence-electron chi connectivity index (χ0n) is 10.8. The Bertz CT molecular complexity index is 706. The van der Waals surface area contributed by atoms with E-state index in [9.17, 15) is 8.42 Å². The van der Waals surface area contributed by atoms with E-state index in [4.69, 9.17) is 11.6 Å². The van der Waals surface area contributed by atoms with Crippen LogP contribution in [-0.4, -0.2) is 29.2 Å². The van der Waals surface area contributed by atoms with Crippen molar-refractivity contribution in [3.63, 3.8) is 0 Å². The van der Waals surface area contributed by atoms with Gasteiger partial charge in [-0.2, -0.15) is 4.31 Å². The van der Waals surface area contributed by atoms with Gasteiger partial charge in [0.25, 0.3) is 10.0 Å². The number of nitrogens with zero attached hydrogens (tertiary/aromatic N) is 2. The number of hydrogen-bond acceptors (Lipinski definition) is 4. The van der Waals surface area contributed by atoms with Crippen molar-refractivity contribution in [2.75, 3.05) is 6.54 Å². The number of rotatable bonds is 6. The number of H-pyrrole nitrogens is 1. The monoisotopic (exact) mass is 331 g/mol. The molecule has 0 atom stereocenters. The van der Waals surface area contributed by atoms with E-state index in [2.05, 4.69) is 16.5 Å². The summed E-state index contributed by atoms with van der Waals surface area (Å²) in [5.41, 5.74) is 0. The van der Waals surface area contributed by atoms with E-state index < -0.39 is 10.0 Å². The molecule has 108 valence electrons. The molecule has 0 saturated heterocycles. The number of thiophene rings is 1. The van der Waals surface area contributed by atoms with Crippen molar-refractivity contribution >= 4 is 33.0 Å². The molecule has 0 fully saturated rings. The summed E-state index contributed by atoms with van der Waals surface area (Å²) in [5.74, 6) is 0.557. The molecule has 5 nitrogen and oxygen atoms in total. The SMILES string of the molecule is C=CCN(Cc1ccc(Cl)s1)S(=O)(=O)c1cnc(C)[nH]1. The number of aromatic amines is 1. The van der Waals surface area contributed by atoms with Gasteiger partial charge in [-0.1, -0.05) is 17.7 Å². The third-order valence-electron chi connectivity index (χ3n) is 2.59. The molecule has 20 heavy (non-hydrogen) atoms. The first-order valence-corrected chi connectivity index (χ1v) is 8.44. The Morgan fingerprint density at radius 2 is 2.30 bits per heavy atom. The Morgan fingerprint density at radius 1 is 1.55 bits per heavy atom. The molecule has 0 aromatic carbocycles. The maximum absolute atomic E-state index is 12.5. The Morgan fingerprint density at radius 3 is 2.80 bits per heavy atom. The second-order valence-electron chi connectivity index (χ2n) is 4.12. The largest absolute Gasteiger partial charge is 0.332 e. The van der Waals surface area contributed by atoms with E-state index >= 15 is 0 Å². The van der Waals surface area contributed by atoms with Crippen LogP contribution in [0.25, 0.3) is 0 Å². The highest BCUT2D eigenvalue weighted by molar-refractivity contribution is 7.89. The lowest BCUT2D eigenvalue weighted by Crippen LogP contribution is -2.30. The van der Waals surface area contributed by atoms with Crippen LogP contribution in [0.3, 0.4) is 0 Å². The summed E-state index contributed by atoms with van der Waals surface area (Å²) in [5, 5.41) is 0.0829. The van der Waals surface area contributed by atoms with Crippen LogP contribution in [0.5, 0.6) is 0 Å². The molecule has 2 aromatic rings. The van der Waals surface area contributed by atoms with Crippen molar-refractivity contribution in [1.82, 2.24) is 14.3 Å². The molecule has 1 N–H and O–H groups in total. The fourth-order valence-electron chi connectivity index (χ4n) is 1.67. The molecule has 2 heterocycles. The minimum Gasteiger partial charge on any atom is -0.332 e. The number of hydrogen-bond donors (Lipinski definition) is 1. The zero-order chi connectivity index (χ0) is 14.8. The van der Waals surface area contributed by atoms with Crippen LogP contribution in [0.1, 0.15) is 10.7 Å². The molecule has 0 radical (unpaired) electrons. The highest BCUT2D eigenvalue weighted by Gasteiger charge is 2.25. The predicted octanol–water partition coefficient (Wildman–Crippen LogP) is 2.81. The average Bonchev–Trinajstić information content (AvgIpc) is 2.98. The van der Waals surface area contributed by atoms with Crippen LogP contribution in [-0.2, 0) is 16.6 Å². The van der Waals surface area contributed by atoms with Crippen molar-refractivity contribution in [2.45, 2.75) is 18.5 Å². The molecular formula is C12H14ClN3O2S2. The van der Waals surface area contributed by atoms with E-state index in [1.54, 1.807) is 19.1 Å². The minimum absolute atomic E-state index is 0.0829. The molecule has 0 aliphatic rings. The lowest BCUT2D eigenvalue weighted by atomic mass is 10.4. The van der Waals surface area contributed by atoms with Crippen molar-refractivity contribution in [3.8, 4) is 0 Å². The van der Waals surface area contributed by atoms with Crippen molar-refractivity contribution < 1.29 is 8.42 Å². The van der Waals surface area contributed by atoms with E-state index in [1.807, 2.05) is 6.07 Å². The number of aromatic nitrogens is 2.